The minimum atomic E-state index is 1.03. The Bertz CT molecular complexity index is 258. The van der Waals surface area contributed by atoms with Gasteiger partial charge in [-0.1, -0.05) is 0 Å². The van der Waals surface area contributed by atoms with E-state index in [1.165, 1.54) is 11.8 Å². The first-order valence-electron chi connectivity index (χ1n) is 3.33. The van der Waals surface area contributed by atoms with Crippen molar-refractivity contribution in [3.05, 3.63) is 22.5 Å². The van der Waals surface area contributed by atoms with Crippen molar-refractivity contribution >= 4 is 6.21 Å². The highest BCUT2D eigenvalue weighted by Gasteiger charge is 2.03. The lowest BCUT2D eigenvalue weighted by Crippen LogP contribution is -1.82. The van der Waals surface area contributed by atoms with Gasteiger partial charge >= 0.3 is 0 Å². The summed E-state index contributed by atoms with van der Waals surface area (Å²) in [7, 11) is 0. The van der Waals surface area contributed by atoms with Crippen LogP contribution in [-0.2, 0) is 0 Å². The van der Waals surface area contributed by atoms with Crippen LogP contribution in [0.1, 0.15) is 22.5 Å². The van der Waals surface area contributed by atoms with Gasteiger partial charge < -0.3 is 10.4 Å². The molecule has 0 fully saturated rings. The van der Waals surface area contributed by atoms with E-state index in [-0.39, 0.29) is 0 Å². The highest BCUT2D eigenvalue weighted by molar-refractivity contribution is 5.81. The van der Waals surface area contributed by atoms with Gasteiger partial charge in [0.15, 0.2) is 0 Å². The second kappa shape index (κ2) is 2.29. The second-order valence-corrected chi connectivity index (χ2v) is 2.56. The molecule has 0 aliphatic carbocycles. The molecule has 54 valence electrons. The monoisotopic (exact) mass is 136 g/mol. The standard InChI is InChI=1S/C8H12N2/c1-5-6(2)10-7(3)8(5)4-9/h4,9-10H,1-3H3. The molecule has 0 bridgehead atoms. The van der Waals surface area contributed by atoms with E-state index < -0.39 is 0 Å². The summed E-state index contributed by atoms with van der Waals surface area (Å²) in [5.41, 5.74) is 4.46. The van der Waals surface area contributed by atoms with Gasteiger partial charge in [-0.3, -0.25) is 0 Å². The SMILES string of the molecule is Cc1[nH]c(C)c(C=N)c1C. The molecule has 2 nitrogen and oxygen atoms in total. The summed E-state index contributed by atoms with van der Waals surface area (Å²) < 4.78 is 0. The van der Waals surface area contributed by atoms with Gasteiger partial charge in [0.05, 0.1) is 0 Å². The maximum atomic E-state index is 7.09. The molecule has 0 saturated heterocycles. The smallest absolute Gasteiger partial charge is 0.0271 e. The van der Waals surface area contributed by atoms with Crippen LogP contribution in [0.25, 0.3) is 0 Å². The molecule has 1 aromatic heterocycles. The summed E-state index contributed by atoms with van der Waals surface area (Å²) in [6.07, 6.45) is 1.40. The number of aromatic nitrogens is 1. The first kappa shape index (κ1) is 7.06. The molecular weight excluding hydrogens is 124 g/mol. The van der Waals surface area contributed by atoms with E-state index in [4.69, 9.17) is 5.41 Å². The van der Waals surface area contributed by atoms with E-state index in [0.29, 0.717) is 0 Å². The molecule has 1 heterocycles. The minimum Gasteiger partial charge on any atom is -0.362 e. The predicted octanol–water partition coefficient (Wildman–Crippen LogP) is 1.94. The highest BCUT2D eigenvalue weighted by Crippen LogP contribution is 2.13. The summed E-state index contributed by atoms with van der Waals surface area (Å²) >= 11 is 0. The highest BCUT2D eigenvalue weighted by atomic mass is 14.7. The van der Waals surface area contributed by atoms with Gasteiger partial charge in [-0.25, -0.2) is 0 Å². The maximum Gasteiger partial charge on any atom is 0.0271 e. The van der Waals surface area contributed by atoms with Gasteiger partial charge in [-0.2, -0.15) is 0 Å². The van der Waals surface area contributed by atoms with E-state index in [1.807, 2.05) is 20.8 Å². The molecule has 0 atom stereocenters. The number of hydrogen-bond donors (Lipinski definition) is 2. The fraction of sp³-hybridized carbons (Fsp3) is 0.375. The van der Waals surface area contributed by atoms with Crippen LogP contribution in [0.3, 0.4) is 0 Å². The number of aromatic amines is 1. The molecule has 0 unspecified atom stereocenters. The van der Waals surface area contributed by atoms with Crippen molar-refractivity contribution in [3.8, 4) is 0 Å². The lowest BCUT2D eigenvalue weighted by molar-refractivity contribution is 1.17. The van der Waals surface area contributed by atoms with Gasteiger partial charge in [0.2, 0.25) is 0 Å². The molecule has 1 rings (SSSR count). The summed E-state index contributed by atoms with van der Waals surface area (Å²) in [6, 6.07) is 0. The normalized spacial score (nSPS) is 9.90. The predicted molar refractivity (Wildman–Crippen MR) is 42.9 cm³/mol. The van der Waals surface area contributed by atoms with E-state index >= 15 is 0 Å². The van der Waals surface area contributed by atoms with E-state index in [9.17, 15) is 0 Å². The summed E-state index contributed by atoms with van der Waals surface area (Å²) in [5, 5.41) is 7.09. The average Bonchev–Trinajstić information content (AvgIpc) is 2.09. The third-order valence-corrected chi connectivity index (χ3v) is 1.89. The molecule has 0 spiro atoms. The van der Waals surface area contributed by atoms with E-state index in [1.54, 1.807) is 0 Å². The van der Waals surface area contributed by atoms with Crippen LogP contribution >= 0.6 is 0 Å². The van der Waals surface area contributed by atoms with Crippen molar-refractivity contribution in [2.45, 2.75) is 20.8 Å². The van der Waals surface area contributed by atoms with Crippen molar-refractivity contribution in [2.24, 2.45) is 0 Å². The van der Waals surface area contributed by atoms with Crippen LogP contribution < -0.4 is 0 Å². The van der Waals surface area contributed by atoms with Gasteiger partial charge in [0.25, 0.3) is 0 Å². The first-order valence-corrected chi connectivity index (χ1v) is 3.33. The van der Waals surface area contributed by atoms with Crippen molar-refractivity contribution in [3.63, 3.8) is 0 Å². The second-order valence-electron chi connectivity index (χ2n) is 2.56. The van der Waals surface area contributed by atoms with Crippen LogP contribution in [0, 0.1) is 26.2 Å². The van der Waals surface area contributed by atoms with Crippen molar-refractivity contribution in [2.75, 3.05) is 0 Å². The largest absolute Gasteiger partial charge is 0.362 e. The van der Waals surface area contributed by atoms with Gasteiger partial charge in [-0.15, -0.1) is 0 Å². The number of nitrogens with one attached hydrogen (secondary N) is 2. The molecule has 0 aliphatic heterocycles. The number of aryl methyl sites for hydroxylation is 2. The lowest BCUT2D eigenvalue weighted by Gasteiger charge is -1.89. The Balaban J connectivity index is 3.33. The zero-order valence-electron chi connectivity index (χ0n) is 6.58. The quantitative estimate of drug-likeness (QED) is 0.554. The Morgan fingerprint density at radius 3 is 2.00 bits per heavy atom. The van der Waals surface area contributed by atoms with Crippen LogP contribution in [0.5, 0.6) is 0 Å². The van der Waals surface area contributed by atoms with Gasteiger partial charge in [-0.05, 0) is 26.3 Å². The Kier molecular flexibility index (Phi) is 1.62. The first-order chi connectivity index (χ1) is 4.66. The van der Waals surface area contributed by atoms with Crippen molar-refractivity contribution < 1.29 is 0 Å². The maximum absolute atomic E-state index is 7.09. The van der Waals surface area contributed by atoms with Gasteiger partial charge in [0, 0.05) is 23.2 Å². The number of H-pyrrole nitrogens is 1. The van der Waals surface area contributed by atoms with Crippen LogP contribution in [0.15, 0.2) is 0 Å². The molecule has 0 radical (unpaired) electrons. The van der Waals surface area contributed by atoms with Crippen molar-refractivity contribution in [1.29, 1.82) is 5.41 Å². The average molecular weight is 136 g/mol. The lowest BCUT2D eigenvalue weighted by atomic mass is 10.1. The van der Waals surface area contributed by atoms with Gasteiger partial charge in [0.1, 0.15) is 0 Å². The molecule has 2 heteroatoms. The third-order valence-electron chi connectivity index (χ3n) is 1.89. The molecule has 0 aromatic carbocycles. The van der Waals surface area contributed by atoms with Crippen LogP contribution in [0.2, 0.25) is 0 Å². The minimum absolute atomic E-state index is 1.03. The molecule has 2 N–H and O–H groups in total. The van der Waals surface area contributed by atoms with E-state index in [2.05, 4.69) is 4.98 Å². The summed E-state index contributed by atoms with van der Waals surface area (Å²) in [5.74, 6) is 0. The molecule has 10 heavy (non-hydrogen) atoms. The number of hydrogen-bond acceptors (Lipinski definition) is 1. The van der Waals surface area contributed by atoms with Crippen LogP contribution in [-0.4, -0.2) is 11.2 Å². The molecule has 0 aliphatic rings. The number of rotatable bonds is 1. The topological polar surface area (TPSA) is 39.6 Å². The van der Waals surface area contributed by atoms with Crippen molar-refractivity contribution in [1.82, 2.24) is 4.98 Å². The van der Waals surface area contributed by atoms with E-state index in [0.717, 1.165) is 17.0 Å². The fourth-order valence-corrected chi connectivity index (χ4v) is 1.14. The Hall–Kier alpha value is -1.05. The molecule has 0 saturated carbocycles. The summed E-state index contributed by atoms with van der Waals surface area (Å²) in [4.78, 5) is 3.18. The summed E-state index contributed by atoms with van der Waals surface area (Å²) in [6.45, 7) is 6.04. The zero-order valence-corrected chi connectivity index (χ0v) is 6.58. The molecule has 1 aromatic rings. The zero-order chi connectivity index (χ0) is 7.72. The molecular formula is C8H12N2. The van der Waals surface area contributed by atoms with Crippen LogP contribution in [0.4, 0.5) is 0 Å². The Labute approximate surface area is 60.8 Å². The fourth-order valence-electron chi connectivity index (χ4n) is 1.14. The molecule has 0 amide bonds. The third kappa shape index (κ3) is 0.856. The Morgan fingerprint density at radius 2 is 1.80 bits per heavy atom. The Morgan fingerprint density at radius 1 is 1.20 bits per heavy atom.